The van der Waals surface area contributed by atoms with Gasteiger partial charge in [0.25, 0.3) is 0 Å². The molecule has 0 atom stereocenters. The van der Waals surface area contributed by atoms with Crippen molar-refractivity contribution in [2.45, 2.75) is 158 Å². The summed E-state index contributed by atoms with van der Waals surface area (Å²) in [6.45, 7) is 16.9. The zero-order valence-electron chi connectivity index (χ0n) is 59.8. The average Bonchev–Trinajstić information content (AvgIpc) is 1.61. The number of carbonyl (C=O) groups is 8. The molecule has 4 fully saturated rings. The van der Waals surface area contributed by atoms with Crippen LogP contribution in [0.3, 0.4) is 0 Å². The third-order valence-electron chi connectivity index (χ3n) is 21.9. The van der Waals surface area contributed by atoms with E-state index >= 15 is 0 Å². The highest BCUT2D eigenvalue weighted by Crippen LogP contribution is 2.48. The number of aromatic carboxylic acids is 1. The number of aromatic nitrogens is 6. The summed E-state index contributed by atoms with van der Waals surface area (Å²) < 4.78 is 12.9. The van der Waals surface area contributed by atoms with Crippen LogP contribution >= 0.6 is 0 Å². The van der Waals surface area contributed by atoms with Crippen LogP contribution in [0.25, 0.3) is 56.0 Å². The van der Waals surface area contributed by atoms with Crippen LogP contribution in [0, 0.1) is 45.3 Å². The molecule has 4 aliphatic rings. The number of carboxylic acid groups (broad SMARTS) is 2. The fraction of sp³-hybridized carbons (Fsp3) is 0.462. The molecule has 4 aliphatic carbocycles. The van der Waals surface area contributed by atoms with Gasteiger partial charge < -0.3 is 49.4 Å². The lowest BCUT2D eigenvalue weighted by molar-refractivity contribution is -0.135. The van der Waals surface area contributed by atoms with Gasteiger partial charge in [0.1, 0.15) is 11.4 Å². The molecule has 0 saturated heterocycles. The van der Waals surface area contributed by atoms with Crippen LogP contribution in [0.1, 0.15) is 190 Å². The van der Waals surface area contributed by atoms with Gasteiger partial charge in [0, 0.05) is 59.4 Å². The summed E-state index contributed by atoms with van der Waals surface area (Å²) in [7, 11) is 6.28. The molecule has 532 valence electrons. The van der Waals surface area contributed by atoms with Crippen LogP contribution in [-0.2, 0) is 52.3 Å². The minimum absolute atomic E-state index is 0.0325. The number of ether oxygens (including phenoxy) is 2. The molecule has 0 bridgehead atoms. The number of hydrogen-bond acceptors (Lipinski definition) is 12. The fourth-order valence-corrected chi connectivity index (χ4v) is 15.4. The second kappa shape index (κ2) is 31.6. The Hall–Kier alpha value is -9.86. The lowest BCUT2D eigenvalue weighted by Crippen LogP contribution is -2.38. The zero-order chi connectivity index (χ0) is 72.4. The number of aryl methyl sites for hydroxylation is 2. The molecule has 0 spiro atoms. The van der Waals surface area contributed by atoms with E-state index in [2.05, 4.69) is 101 Å². The maximum absolute atomic E-state index is 13.0. The van der Waals surface area contributed by atoms with E-state index in [0.717, 1.165) is 175 Å². The van der Waals surface area contributed by atoms with Crippen LogP contribution in [-0.4, -0.2) is 101 Å². The summed E-state index contributed by atoms with van der Waals surface area (Å²) in [5.74, 6) is -0.328. The van der Waals surface area contributed by atoms with Crippen molar-refractivity contribution in [3.63, 3.8) is 0 Å². The van der Waals surface area contributed by atoms with Gasteiger partial charge in [0.2, 0.25) is 35.5 Å². The normalized spacial score (nSPS) is 16.6. The van der Waals surface area contributed by atoms with E-state index in [9.17, 15) is 43.5 Å². The highest BCUT2D eigenvalue weighted by Gasteiger charge is 2.47. The molecule has 0 aliphatic heterocycles. The third-order valence-corrected chi connectivity index (χ3v) is 21.9. The summed E-state index contributed by atoms with van der Waals surface area (Å²) in [5, 5.41) is 31.8. The number of hydrogen-bond donors (Lipinski definition) is 8. The first-order chi connectivity index (χ1) is 47.6. The first-order valence-corrected chi connectivity index (χ1v) is 35.0. The monoisotopic (exact) mass is 1370 g/mol. The molecule has 8 aromatic rings. The van der Waals surface area contributed by atoms with Gasteiger partial charge >= 0.3 is 23.9 Å². The summed E-state index contributed by atoms with van der Waals surface area (Å²) in [4.78, 5) is 112. The number of nitrogens with one attached hydrogen (secondary N) is 6. The summed E-state index contributed by atoms with van der Waals surface area (Å²) >= 11 is 0. The van der Waals surface area contributed by atoms with Crippen LogP contribution in [0.4, 0.5) is 23.3 Å². The average molecular weight is 1370 g/mol. The van der Waals surface area contributed by atoms with E-state index in [0.29, 0.717) is 35.3 Å². The van der Waals surface area contributed by atoms with Crippen molar-refractivity contribution in [1.82, 2.24) is 29.1 Å². The van der Waals surface area contributed by atoms with Crippen molar-refractivity contribution >= 4 is 127 Å². The molecule has 12 rings (SSSR count). The third kappa shape index (κ3) is 16.1. The van der Waals surface area contributed by atoms with E-state index in [1.54, 1.807) is 46.5 Å². The summed E-state index contributed by atoms with van der Waals surface area (Å²) in [6.07, 6.45) is 21.9. The smallest absolute Gasteiger partial charge is 0.354 e. The van der Waals surface area contributed by atoms with Gasteiger partial charge in [-0.25, -0.2) is 29.1 Å². The van der Waals surface area contributed by atoms with Gasteiger partial charge in [0.05, 0.1) is 57.9 Å². The van der Waals surface area contributed by atoms with Gasteiger partial charge in [-0.1, -0.05) is 119 Å². The molecule has 4 amide bonds. The van der Waals surface area contributed by atoms with Crippen LogP contribution in [0.15, 0.2) is 97.1 Å². The van der Waals surface area contributed by atoms with Gasteiger partial charge in [0.15, 0.2) is 0 Å². The number of anilines is 4. The first kappa shape index (κ1) is 74.4. The van der Waals surface area contributed by atoms with Gasteiger partial charge in [-0.3, -0.25) is 29.8 Å². The maximum Gasteiger partial charge on any atom is 0.354 e. The largest absolute Gasteiger partial charge is 0.478 e. The van der Waals surface area contributed by atoms with E-state index < -0.39 is 17.9 Å². The van der Waals surface area contributed by atoms with Crippen molar-refractivity contribution in [2.75, 3.05) is 35.5 Å². The number of amides is 4. The number of fused-ring (bicyclic) bond motifs is 4. The number of imidazole rings is 2. The van der Waals surface area contributed by atoms with Crippen LogP contribution in [0.2, 0.25) is 0 Å². The fourth-order valence-electron chi connectivity index (χ4n) is 15.4. The Morgan fingerprint density at radius 3 is 1.15 bits per heavy atom. The van der Waals surface area contributed by atoms with E-state index in [1.807, 2.05) is 67.7 Å². The molecule has 4 saturated carbocycles. The summed E-state index contributed by atoms with van der Waals surface area (Å²) in [6, 6.07) is 25.7. The van der Waals surface area contributed by atoms with Gasteiger partial charge in [-0.05, 0) is 171 Å². The number of carbonyl (C=O) groups excluding carboxylic acids is 6. The number of nitrogens with zero attached hydrogens (tertiary/aromatic N) is 4. The number of rotatable bonds is 18. The minimum Gasteiger partial charge on any atom is -0.478 e. The Labute approximate surface area is 583 Å². The predicted octanol–water partition coefficient (Wildman–Crippen LogP) is 15.9. The first-order valence-electron chi connectivity index (χ1n) is 35.0. The zero-order valence-corrected chi connectivity index (χ0v) is 59.8. The number of carboxylic acids is 2. The highest BCUT2D eigenvalue weighted by molar-refractivity contribution is 6.02. The van der Waals surface area contributed by atoms with Gasteiger partial charge in [-0.15, -0.1) is 0 Å². The highest BCUT2D eigenvalue weighted by atomic mass is 16.5. The molecular weight excluding hydrogens is 1270 g/mol. The van der Waals surface area contributed by atoms with Crippen molar-refractivity contribution < 1.29 is 58.0 Å². The van der Waals surface area contributed by atoms with Gasteiger partial charge in [-0.2, -0.15) is 0 Å². The van der Waals surface area contributed by atoms with E-state index in [1.165, 1.54) is 26.4 Å². The summed E-state index contributed by atoms with van der Waals surface area (Å²) in [5.41, 5.74) is 7.50. The Bertz CT molecular complexity index is 4400. The molecular formula is C78H98N10O12. The lowest BCUT2D eigenvalue weighted by Gasteiger charge is -2.31. The van der Waals surface area contributed by atoms with E-state index in [-0.39, 0.29) is 62.9 Å². The second-order valence-corrected chi connectivity index (χ2v) is 28.7. The molecule has 22 nitrogen and oxygen atoms in total. The Morgan fingerprint density at radius 2 is 0.810 bits per heavy atom. The molecule has 4 aromatic carbocycles. The number of aromatic amines is 2. The quantitative estimate of drug-likeness (QED) is 0.0293. The number of benzene rings is 4. The molecule has 0 radical (unpaired) electrons. The number of H-pyrrole nitrogens is 2. The predicted molar refractivity (Wildman–Crippen MR) is 392 cm³/mol. The molecule has 100 heavy (non-hydrogen) atoms. The minimum atomic E-state index is -0.992. The molecule has 4 heterocycles. The Kier molecular flexibility index (Phi) is 23.5. The topological polar surface area (TPSA) is 311 Å². The molecule has 4 aromatic heterocycles. The van der Waals surface area contributed by atoms with E-state index in [4.69, 9.17) is 9.84 Å². The maximum atomic E-state index is 13.0. The van der Waals surface area contributed by atoms with Crippen molar-refractivity contribution in [1.29, 1.82) is 0 Å². The standard InChI is InChI=1S/C20H25N3O3.C20H26N2O3.C19H23N3O3.C19H24N2O3/c1-13(2)20(10-4-5-11-20)18(25)23-19-21-15-8-6-14(12-16(15)22-19)7-9-17(24)26-3;1-13(2)20(9-5-6-10-20)19(24)21-15-7-8-16-14(11-15)12-17(22(16)3)18(23)25-4;1-12(2)19(9-3-4-10-19)17(25)22-18-20-14-7-5-13(6-8-16(23)24)11-15(14)21-18;1-12(2)19(8-4-5-9-19)18(24)20-14-6-7-15-13(10-14)11-16(17(22)23)21(15)3/h6-9,12-13H,4-5,10-11H2,1-3H3,(H2,21,22,23,25);7-8,11-13H,5-6,9-10H2,1-4H3,(H,21,24);5-8,11-12H,3-4,9-10H2,1-2H3,(H,23,24)(H2,20,21,22,25);6-7,10-12H,4-5,8-9H2,1-3H3,(H,20,24)(H,22,23)/b9-7+;;8-6+;. The van der Waals surface area contributed by atoms with Crippen molar-refractivity contribution in [3.8, 4) is 0 Å². The van der Waals surface area contributed by atoms with Crippen LogP contribution < -0.4 is 21.3 Å². The number of esters is 2. The van der Waals surface area contributed by atoms with Crippen LogP contribution in [0.5, 0.6) is 0 Å². The Balaban J connectivity index is 0.000000156. The lowest BCUT2D eigenvalue weighted by atomic mass is 9.75. The SMILES string of the molecule is CC(C)C1(C(=O)Nc2ccc3c(c2)cc(C(=O)O)n3C)CCCC1.CC(C)C1(C(=O)Nc2nc3ccc(/C=C/C(=O)O)cc3[nH]2)CCCC1.COC(=O)/C=C/c1ccc2nc(NC(=O)C3(C(C)C)CCCC3)[nH]c2c1.COC(=O)c1cc2cc(NC(=O)C3(C(C)C)CCCC3)ccc2n1C. The number of methoxy groups -OCH3 is 2. The molecule has 0 unspecified atom stereocenters. The van der Waals surface area contributed by atoms with Crippen molar-refractivity contribution in [3.05, 3.63) is 120 Å². The molecule has 22 heteroatoms. The van der Waals surface area contributed by atoms with Crippen molar-refractivity contribution in [2.24, 2.45) is 59.4 Å². The second-order valence-electron chi connectivity index (χ2n) is 28.7. The Morgan fingerprint density at radius 1 is 0.460 bits per heavy atom. The number of aliphatic carboxylic acids is 1. The molecule has 8 N–H and O–H groups in total.